The molecule has 1 aliphatic rings. The Labute approximate surface area is 157 Å². The van der Waals surface area contributed by atoms with E-state index in [-0.39, 0.29) is 18.9 Å². The summed E-state index contributed by atoms with van der Waals surface area (Å²) in [5.41, 5.74) is 4.69. The van der Waals surface area contributed by atoms with E-state index in [0.717, 1.165) is 53.9 Å². The predicted octanol–water partition coefficient (Wildman–Crippen LogP) is 1.72. The Morgan fingerprint density at radius 1 is 0.962 bits per heavy atom. The second-order valence-electron chi connectivity index (χ2n) is 7.09. The lowest BCUT2D eigenvalue weighted by molar-refractivity contribution is -0.130. The van der Waals surface area contributed by atoms with Crippen LogP contribution in [0, 0.1) is 34.6 Å². The molecule has 0 aromatic heterocycles. The Hall–Kier alpha value is -1.44. The van der Waals surface area contributed by atoms with Crippen molar-refractivity contribution in [1.82, 2.24) is 14.9 Å². The van der Waals surface area contributed by atoms with Crippen molar-refractivity contribution in [1.29, 1.82) is 0 Å². The third-order valence-corrected chi connectivity index (χ3v) is 7.26. The monoisotopic (exact) mass is 381 g/mol. The van der Waals surface area contributed by atoms with Crippen LogP contribution in [-0.4, -0.2) is 51.9 Å². The van der Waals surface area contributed by atoms with Crippen LogP contribution in [0.1, 0.15) is 40.7 Å². The van der Waals surface area contributed by atoms with Crippen molar-refractivity contribution in [3.8, 4) is 0 Å². The number of hydrogen-bond donors (Lipinski definition) is 2. The fraction of sp³-hybridized carbons (Fsp3) is 0.632. The summed E-state index contributed by atoms with van der Waals surface area (Å²) in [6, 6.07) is 0. The fourth-order valence-electron chi connectivity index (χ4n) is 3.49. The Bertz CT molecular complexity index is 751. The maximum atomic E-state index is 12.9. The van der Waals surface area contributed by atoms with E-state index in [4.69, 9.17) is 0 Å². The quantitative estimate of drug-likeness (QED) is 0.814. The van der Waals surface area contributed by atoms with Gasteiger partial charge in [0.25, 0.3) is 0 Å². The number of carbonyl (C=O) groups excluding carboxylic acids is 1. The van der Waals surface area contributed by atoms with Crippen molar-refractivity contribution in [3.05, 3.63) is 27.8 Å². The summed E-state index contributed by atoms with van der Waals surface area (Å²) in [6.45, 7) is 12.9. The number of amides is 1. The molecule has 0 saturated carbocycles. The van der Waals surface area contributed by atoms with Gasteiger partial charge in [-0.25, -0.2) is 13.1 Å². The summed E-state index contributed by atoms with van der Waals surface area (Å²) < 4.78 is 28.3. The maximum absolute atomic E-state index is 12.9. The summed E-state index contributed by atoms with van der Waals surface area (Å²) in [5.74, 6) is 0.00103. The zero-order chi connectivity index (χ0) is 19.5. The number of nitrogens with zero attached hydrogens (tertiary/aromatic N) is 1. The molecule has 7 heteroatoms. The second kappa shape index (κ2) is 8.50. The second-order valence-corrected chi connectivity index (χ2v) is 8.79. The zero-order valence-electron chi connectivity index (χ0n) is 16.5. The molecule has 1 saturated heterocycles. The van der Waals surface area contributed by atoms with E-state index in [9.17, 15) is 13.2 Å². The van der Waals surface area contributed by atoms with E-state index in [0.29, 0.717) is 11.4 Å². The summed E-state index contributed by atoms with van der Waals surface area (Å²) in [5, 5.41) is 3.26. The summed E-state index contributed by atoms with van der Waals surface area (Å²) >= 11 is 0. The SMILES string of the molecule is Cc1c(C)c(C)c(S(=O)(=O)NCCC(=O)N2CCCNCC2)c(C)c1C. The molecule has 0 unspecified atom stereocenters. The first kappa shape index (κ1) is 20.9. The lowest BCUT2D eigenvalue weighted by atomic mass is 9.95. The lowest BCUT2D eigenvalue weighted by Crippen LogP contribution is -2.37. The molecule has 6 nitrogen and oxygen atoms in total. The Kier molecular flexibility index (Phi) is 6.82. The highest BCUT2D eigenvalue weighted by atomic mass is 32.2. The van der Waals surface area contributed by atoms with Gasteiger partial charge in [-0.2, -0.15) is 0 Å². The van der Waals surface area contributed by atoms with E-state index >= 15 is 0 Å². The van der Waals surface area contributed by atoms with Crippen LogP contribution in [0.2, 0.25) is 0 Å². The van der Waals surface area contributed by atoms with E-state index in [2.05, 4.69) is 10.0 Å². The number of nitrogens with one attached hydrogen (secondary N) is 2. The molecular formula is C19H31N3O3S. The van der Waals surface area contributed by atoms with Crippen molar-refractivity contribution >= 4 is 15.9 Å². The Morgan fingerprint density at radius 3 is 2.15 bits per heavy atom. The predicted molar refractivity (Wildman–Crippen MR) is 104 cm³/mol. The fourth-order valence-corrected chi connectivity index (χ4v) is 5.11. The minimum Gasteiger partial charge on any atom is -0.341 e. The number of rotatable bonds is 5. The summed E-state index contributed by atoms with van der Waals surface area (Å²) in [7, 11) is -3.65. The van der Waals surface area contributed by atoms with Crippen molar-refractivity contribution in [2.75, 3.05) is 32.7 Å². The van der Waals surface area contributed by atoms with Crippen LogP contribution in [0.15, 0.2) is 4.90 Å². The minimum atomic E-state index is -3.65. The molecule has 26 heavy (non-hydrogen) atoms. The molecule has 146 valence electrons. The lowest BCUT2D eigenvalue weighted by Gasteiger charge is -2.21. The first-order chi connectivity index (χ1) is 12.2. The van der Waals surface area contributed by atoms with Crippen molar-refractivity contribution in [2.45, 2.75) is 52.4 Å². The Balaban J connectivity index is 2.09. The molecule has 0 atom stereocenters. The van der Waals surface area contributed by atoms with Crippen LogP contribution in [-0.2, 0) is 14.8 Å². The highest BCUT2D eigenvalue weighted by Gasteiger charge is 2.24. The first-order valence-corrected chi connectivity index (χ1v) is 10.7. The average molecular weight is 382 g/mol. The Morgan fingerprint density at radius 2 is 1.54 bits per heavy atom. The maximum Gasteiger partial charge on any atom is 0.241 e. The number of sulfonamides is 1. The van der Waals surface area contributed by atoms with Crippen LogP contribution >= 0.6 is 0 Å². The zero-order valence-corrected chi connectivity index (χ0v) is 17.3. The standard InChI is InChI=1S/C19H31N3O3S/c1-13-14(2)16(4)19(17(5)15(13)3)26(24,25)21-9-7-18(23)22-11-6-8-20-10-12-22/h20-21H,6-12H2,1-5H3. The van der Waals surface area contributed by atoms with Crippen LogP contribution < -0.4 is 10.0 Å². The van der Waals surface area contributed by atoms with Gasteiger partial charge in [0.2, 0.25) is 15.9 Å². The number of benzene rings is 1. The van der Waals surface area contributed by atoms with Crippen LogP contribution in [0.4, 0.5) is 0 Å². The van der Waals surface area contributed by atoms with Crippen LogP contribution in [0.3, 0.4) is 0 Å². The molecule has 0 spiro atoms. The molecule has 1 fully saturated rings. The third-order valence-electron chi connectivity index (χ3n) is 5.52. The third kappa shape index (κ3) is 4.45. The molecule has 1 aromatic carbocycles. The molecule has 2 N–H and O–H groups in total. The molecule has 0 radical (unpaired) electrons. The molecule has 0 aliphatic carbocycles. The van der Waals surface area contributed by atoms with Crippen molar-refractivity contribution in [2.24, 2.45) is 0 Å². The average Bonchev–Trinajstić information content (AvgIpc) is 2.87. The van der Waals surface area contributed by atoms with Gasteiger partial charge in [0.15, 0.2) is 0 Å². The van der Waals surface area contributed by atoms with Gasteiger partial charge in [0.05, 0.1) is 4.90 Å². The van der Waals surface area contributed by atoms with Gasteiger partial charge in [0, 0.05) is 32.6 Å². The summed E-state index contributed by atoms with van der Waals surface area (Å²) in [4.78, 5) is 14.5. The smallest absolute Gasteiger partial charge is 0.241 e. The van der Waals surface area contributed by atoms with Gasteiger partial charge in [-0.3, -0.25) is 4.79 Å². The van der Waals surface area contributed by atoms with Gasteiger partial charge in [-0.05, 0) is 75.4 Å². The minimum absolute atomic E-state index is 0.00103. The van der Waals surface area contributed by atoms with Crippen LogP contribution in [0.5, 0.6) is 0 Å². The highest BCUT2D eigenvalue weighted by Crippen LogP contribution is 2.29. The number of carbonyl (C=O) groups is 1. The van der Waals surface area contributed by atoms with Crippen molar-refractivity contribution < 1.29 is 13.2 Å². The van der Waals surface area contributed by atoms with Crippen LogP contribution in [0.25, 0.3) is 0 Å². The topological polar surface area (TPSA) is 78.5 Å². The largest absolute Gasteiger partial charge is 0.341 e. The normalized spacial score (nSPS) is 15.8. The van der Waals surface area contributed by atoms with Gasteiger partial charge >= 0.3 is 0 Å². The van der Waals surface area contributed by atoms with E-state index < -0.39 is 10.0 Å². The van der Waals surface area contributed by atoms with Gasteiger partial charge in [-0.15, -0.1) is 0 Å². The molecule has 1 aromatic rings. The van der Waals surface area contributed by atoms with E-state index in [1.165, 1.54) is 0 Å². The van der Waals surface area contributed by atoms with Crippen molar-refractivity contribution in [3.63, 3.8) is 0 Å². The van der Waals surface area contributed by atoms with E-state index in [1.54, 1.807) is 0 Å². The highest BCUT2D eigenvalue weighted by molar-refractivity contribution is 7.89. The summed E-state index contributed by atoms with van der Waals surface area (Å²) in [6.07, 6.45) is 1.11. The van der Waals surface area contributed by atoms with E-state index in [1.807, 2.05) is 39.5 Å². The van der Waals surface area contributed by atoms with Gasteiger partial charge in [-0.1, -0.05) is 0 Å². The van der Waals surface area contributed by atoms with Gasteiger partial charge in [0.1, 0.15) is 0 Å². The van der Waals surface area contributed by atoms with Gasteiger partial charge < -0.3 is 10.2 Å². The molecule has 1 heterocycles. The molecule has 0 bridgehead atoms. The first-order valence-electron chi connectivity index (χ1n) is 9.22. The molecule has 1 amide bonds. The number of hydrogen-bond acceptors (Lipinski definition) is 4. The molecule has 2 rings (SSSR count). The molecular weight excluding hydrogens is 350 g/mol. The molecule has 1 aliphatic heterocycles.